The van der Waals surface area contributed by atoms with Crippen molar-refractivity contribution < 1.29 is 38.8 Å². The highest BCUT2D eigenvalue weighted by Gasteiger charge is 2.52. The quantitative estimate of drug-likeness (QED) is 0.401. The summed E-state index contributed by atoms with van der Waals surface area (Å²) in [7, 11) is 1.47. The molecule has 2 amide bonds. The number of nitrogens with zero attached hydrogens (tertiary/aromatic N) is 1. The normalized spacial score (nSPS) is 28.1. The molecule has 1 aromatic carbocycles. The molecule has 10 heteroatoms. The minimum Gasteiger partial charge on any atom is -0.493 e. The fourth-order valence-electron chi connectivity index (χ4n) is 6.53. The Hall–Kier alpha value is -2.95. The van der Waals surface area contributed by atoms with E-state index in [0.29, 0.717) is 66.6 Å². The van der Waals surface area contributed by atoms with Gasteiger partial charge in [0.05, 0.1) is 38.2 Å². The number of aliphatic hydroxyl groups excluding tert-OH is 2. The SMILES string of the molecule is COc1cc(C=O)cc2c1OC1C2C(C(=O)NCCO)=CC(N(CC2CCCCC2)C(=O)C2CCOC2)C1O. The van der Waals surface area contributed by atoms with Crippen LogP contribution in [0.1, 0.15) is 60.4 Å². The molecule has 4 aliphatic rings. The maximum Gasteiger partial charge on any atom is 0.247 e. The molecule has 0 aromatic heterocycles. The molecule has 10 nitrogen and oxygen atoms in total. The van der Waals surface area contributed by atoms with E-state index in [2.05, 4.69) is 5.32 Å². The predicted molar refractivity (Wildman–Crippen MR) is 141 cm³/mol. The van der Waals surface area contributed by atoms with E-state index in [-0.39, 0.29) is 25.0 Å². The van der Waals surface area contributed by atoms with Crippen LogP contribution in [-0.2, 0) is 14.3 Å². The van der Waals surface area contributed by atoms with Crippen molar-refractivity contribution in [3.05, 3.63) is 34.9 Å². The van der Waals surface area contributed by atoms with Gasteiger partial charge in [-0.1, -0.05) is 19.3 Å². The second-order valence-corrected chi connectivity index (χ2v) is 11.0. The lowest BCUT2D eigenvalue weighted by atomic mass is 9.76. The first kappa shape index (κ1) is 27.6. The van der Waals surface area contributed by atoms with Gasteiger partial charge in [-0.15, -0.1) is 0 Å². The summed E-state index contributed by atoms with van der Waals surface area (Å²) in [6, 6.07) is 2.42. The van der Waals surface area contributed by atoms with Gasteiger partial charge < -0.3 is 34.6 Å². The summed E-state index contributed by atoms with van der Waals surface area (Å²) in [5.74, 6) is -0.461. The van der Waals surface area contributed by atoms with Crippen LogP contribution >= 0.6 is 0 Å². The van der Waals surface area contributed by atoms with E-state index >= 15 is 0 Å². The smallest absolute Gasteiger partial charge is 0.247 e. The molecule has 2 fully saturated rings. The minimum atomic E-state index is -1.13. The van der Waals surface area contributed by atoms with Crippen LogP contribution in [0.5, 0.6) is 11.5 Å². The van der Waals surface area contributed by atoms with E-state index in [1.54, 1.807) is 23.1 Å². The van der Waals surface area contributed by atoms with Crippen LogP contribution in [0.3, 0.4) is 0 Å². The first-order valence-corrected chi connectivity index (χ1v) is 14.0. The second-order valence-electron chi connectivity index (χ2n) is 11.0. The average Bonchev–Trinajstić information content (AvgIpc) is 3.64. The lowest BCUT2D eigenvalue weighted by Crippen LogP contribution is -2.57. The van der Waals surface area contributed by atoms with Crippen molar-refractivity contribution in [2.45, 2.75) is 62.7 Å². The van der Waals surface area contributed by atoms with E-state index < -0.39 is 30.1 Å². The fraction of sp³-hybridized carbons (Fsp3) is 0.621. The fourth-order valence-corrected chi connectivity index (χ4v) is 6.53. The highest BCUT2D eigenvalue weighted by atomic mass is 16.5. The topological polar surface area (TPSA) is 135 Å². The first-order chi connectivity index (χ1) is 19.0. The van der Waals surface area contributed by atoms with Crippen molar-refractivity contribution in [2.24, 2.45) is 11.8 Å². The Morgan fingerprint density at radius 1 is 1.21 bits per heavy atom. The molecule has 39 heavy (non-hydrogen) atoms. The van der Waals surface area contributed by atoms with Crippen LogP contribution in [0, 0.1) is 11.8 Å². The molecule has 1 aromatic rings. The predicted octanol–water partition coefficient (Wildman–Crippen LogP) is 1.58. The Morgan fingerprint density at radius 3 is 2.67 bits per heavy atom. The van der Waals surface area contributed by atoms with Gasteiger partial charge in [0.2, 0.25) is 11.8 Å². The molecule has 0 spiro atoms. The number of aliphatic hydroxyl groups is 2. The minimum absolute atomic E-state index is 0.0519. The van der Waals surface area contributed by atoms with Gasteiger partial charge in [-0.2, -0.15) is 0 Å². The van der Waals surface area contributed by atoms with Crippen LogP contribution in [0.15, 0.2) is 23.8 Å². The number of hydrogen-bond donors (Lipinski definition) is 3. The molecule has 1 saturated heterocycles. The molecule has 1 saturated carbocycles. The molecule has 212 valence electrons. The molecule has 3 N–H and O–H groups in total. The summed E-state index contributed by atoms with van der Waals surface area (Å²) < 4.78 is 17.3. The first-order valence-electron chi connectivity index (χ1n) is 14.0. The zero-order valence-corrected chi connectivity index (χ0v) is 22.3. The van der Waals surface area contributed by atoms with Gasteiger partial charge in [0.25, 0.3) is 0 Å². The summed E-state index contributed by atoms with van der Waals surface area (Å²) in [4.78, 5) is 40.7. The molecule has 5 unspecified atom stereocenters. The standard InChI is InChI=1S/C29H38N2O8/c1-37-23-12-18(15-33)11-20-24-21(28(35)30-8-9-32)13-22(25(34)27(24)39-26(20)23)31(14-17-5-3-2-4-6-17)29(36)19-7-10-38-16-19/h11-13,15,17,19,22,24-25,27,32,34H,2-10,14,16H2,1H3,(H,30,35). The zero-order chi connectivity index (χ0) is 27.5. The number of hydrogen-bond acceptors (Lipinski definition) is 8. The Bertz CT molecular complexity index is 1110. The number of fused-ring (bicyclic) bond motifs is 3. The Morgan fingerprint density at radius 2 is 2.00 bits per heavy atom. The third-order valence-corrected chi connectivity index (χ3v) is 8.51. The lowest BCUT2D eigenvalue weighted by Gasteiger charge is -2.43. The zero-order valence-electron chi connectivity index (χ0n) is 22.3. The molecule has 5 rings (SSSR count). The van der Waals surface area contributed by atoms with E-state index in [0.717, 1.165) is 25.7 Å². The number of carbonyl (C=O) groups is 3. The molecule has 2 aliphatic heterocycles. The molecule has 2 heterocycles. The van der Waals surface area contributed by atoms with Crippen LogP contribution in [0.25, 0.3) is 0 Å². The van der Waals surface area contributed by atoms with E-state index in [1.807, 2.05) is 0 Å². The van der Waals surface area contributed by atoms with Gasteiger partial charge in [-0.25, -0.2) is 0 Å². The Kier molecular flexibility index (Phi) is 8.54. The van der Waals surface area contributed by atoms with Crippen molar-refractivity contribution in [1.29, 1.82) is 0 Å². The summed E-state index contributed by atoms with van der Waals surface area (Å²) in [5.41, 5.74) is 1.26. The van der Waals surface area contributed by atoms with Crippen LogP contribution in [0.2, 0.25) is 0 Å². The van der Waals surface area contributed by atoms with Gasteiger partial charge >= 0.3 is 0 Å². The van der Waals surface area contributed by atoms with Crippen molar-refractivity contribution in [2.75, 3.05) is 40.0 Å². The number of ether oxygens (including phenoxy) is 3. The van der Waals surface area contributed by atoms with Crippen LogP contribution < -0.4 is 14.8 Å². The third kappa shape index (κ3) is 5.42. The highest BCUT2D eigenvalue weighted by Crippen LogP contribution is 2.51. The largest absolute Gasteiger partial charge is 0.493 e. The molecular weight excluding hydrogens is 504 g/mol. The van der Waals surface area contributed by atoms with Crippen molar-refractivity contribution in [3.63, 3.8) is 0 Å². The van der Waals surface area contributed by atoms with Gasteiger partial charge in [0.15, 0.2) is 11.5 Å². The number of benzene rings is 1. The van der Waals surface area contributed by atoms with Gasteiger partial charge in [-0.3, -0.25) is 14.4 Å². The number of aldehydes is 1. The van der Waals surface area contributed by atoms with Crippen molar-refractivity contribution in [1.82, 2.24) is 10.2 Å². The maximum absolute atomic E-state index is 13.9. The van der Waals surface area contributed by atoms with E-state index in [1.165, 1.54) is 13.5 Å². The lowest BCUT2D eigenvalue weighted by molar-refractivity contribution is -0.142. The number of amides is 2. The molecular formula is C29H38N2O8. The Balaban J connectivity index is 1.56. The summed E-state index contributed by atoms with van der Waals surface area (Å²) in [5, 5.41) is 23.9. The van der Waals surface area contributed by atoms with E-state index in [9.17, 15) is 24.6 Å². The van der Waals surface area contributed by atoms with Gasteiger partial charge in [-0.05, 0) is 43.4 Å². The Labute approximate surface area is 228 Å². The average molecular weight is 543 g/mol. The van der Waals surface area contributed by atoms with Crippen LogP contribution in [0.4, 0.5) is 0 Å². The molecule has 0 bridgehead atoms. The number of methoxy groups -OCH3 is 1. The summed E-state index contributed by atoms with van der Waals surface area (Å²) in [6.07, 6.45) is 6.44. The molecule has 5 atom stereocenters. The number of carbonyl (C=O) groups excluding carboxylic acids is 3. The third-order valence-electron chi connectivity index (χ3n) is 8.51. The second kappa shape index (κ2) is 12.1. The van der Waals surface area contributed by atoms with Gasteiger partial charge in [0, 0.05) is 36.4 Å². The maximum atomic E-state index is 13.9. The molecule has 2 aliphatic carbocycles. The van der Waals surface area contributed by atoms with Crippen LogP contribution in [-0.4, -0.2) is 91.5 Å². The summed E-state index contributed by atoms with van der Waals surface area (Å²) in [6.45, 7) is 1.17. The van der Waals surface area contributed by atoms with E-state index in [4.69, 9.17) is 14.2 Å². The van der Waals surface area contributed by atoms with Crippen molar-refractivity contribution >= 4 is 18.1 Å². The van der Waals surface area contributed by atoms with Crippen molar-refractivity contribution in [3.8, 4) is 11.5 Å². The molecule has 0 radical (unpaired) electrons. The van der Waals surface area contributed by atoms with Gasteiger partial charge in [0.1, 0.15) is 18.5 Å². The highest BCUT2D eigenvalue weighted by molar-refractivity contribution is 5.96. The summed E-state index contributed by atoms with van der Waals surface area (Å²) >= 11 is 0. The number of nitrogens with one attached hydrogen (secondary N) is 1. The number of rotatable bonds is 9. The monoisotopic (exact) mass is 542 g/mol.